The first-order valence-electron chi connectivity index (χ1n) is 8.23. The molecule has 1 amide bonds. The average Bonchev–Trinajstić information content (AvgIpc) is 2.62. The Balaban J connectivity index is 1.98. The van der Waals surface area contributed by atoms with E-state index in [-0.39, 0.29) is 12.5 Å². The molecule has 0 spiro atoms. The van der Waals surface area contributed by atoms with Gasteiger partial charge in [0, 0.05) is 17.6 Å². The molecule has 0 saturated carbocycles. The van der Waals surface area contributed by atoms with Gasteiger partial charge in [0.2, 0.25) is 0 Å². The van der Waals surface area contributed by atoms with E-state index in [9.17, 15) is 9.59 Å². The zero-order valence-corrected chi connectivity index (χ0v) is 15.3. The number of aryl methyl sites for hydroxylation is 1. The topological polar surface area (TPSA) is 68.3 Å². The van der Waals surface area contributed by atoms with Crippen LogP contribution in [-0.4, -0.2) is 30.0 Å². The van der Waals surface area contributed by atoms with Crippen LogP contribution >= 0.6 is 11.8 Å². The number of carbonyl (C=O) groups is 2. The van der Waals surface area contributed by atoms with E-state index in [1.165, 1.54) is 17.3 Å². The van der Waals surface area contributed by atoms with Crippen molar-refractivity contribution in [3.8, 4) is 0 Å². The molecule has 1 N–H and O–H groups in total. The number of ether oxygens (including phenoxy) is 1. The monoisotopic (exact) mass is 358 g/mol. The van der Waals surface area contributed by atoms with E-state index >= 15 is 0 Å². The molecule has 6 heteroatoms. The minimum atomic E-state index is -0.548. The first-order chi connectivity index (χ1) is 12.1. The fraction of sp³-hybridized carbons (Fsp3) is 0.316. The summed E-state index contributed by atoms with van der Waals surface area (Å²) in [5.74, 6) is -0.841. The van der Waals surface area contributed by atoms with E-state index in [0.29, 0.717) is 17.1 Å². The van der Waals surface area contributed by atoms with Crippen LogP contribution in [0.15, 0.2) is 52.5 Å². The van der Waals surface area contributed by atoms with Crippen LogP contribution in [0.4, 0.5) is 0 Å². The predicted molar refractivity (Wildman–Crippen MR) is 97.7 cm³/mol. The summed E-state index contributed by atoms with van der Waals surface area (Å²) < 4.78 is 5.11. The SMILES string of the molecule is CCCCNC(=O)COC(=O)c1cccnc1Sc1ccc(C)cc1. The van der Waals surface area contributed by atoms with Gasteiger partial charge in [-0.2, -0.15) is 0 Å². The third-order valence-electron chi connectivity index (χ3n) is 3.41. The molecule has 132 valence electrons. The van der Waals surface area contributed by atoms with Gasteiger partial charge in [-0.3, -0.25) is 4.79 Å². The van der Waals surface area contributed by atoms with Gasteiger partial charge in [-0.05, 0) is 37.6 Å². The Morgan fingerprint density at radius 1 is 1.20 bits per heavy atom. The lowest BCUT2D eigenvalue weighted by Crippen LogP contribution is -2.29. The maximum atomic E-state index is 12.3. The normalized spacial score (nSPS) is 10.3. The Morgan fingerprint density at radius 2 is 1.96 bits per heavy atom. The summed E-state index contributed by atoms with van der Waals surface area (Å²) >= 11 is 1.39. The highest BCUT2D eigenvalue weighted by Gasteiger charge is 2.16. The van der Waals surface area contributed by atoms with E-state index in [4.69, 9.17) is 4.74 Å². The van der Waals surface area contributed by atoms with Crippen LogP contribution in [-0.2, 0) is 9.53 Å². The van der Waals surface area contributed by atoms with Crippen molar-refractivity contribution in [2.24, 2.45) is 0 Å². The number of nitrogens with zero attached hydrogens (tertiary/aromatic N) is 1. The van der Waals surface area contributed by atoms with Crippen molar-refractivity contribution < 1.29 is 14.3 Å². The first-order valence-corrected chi connectivity index (χ1v) is 9.05. The lowest BCUT2D eigenvalue weighted by Gasteiger charge is -2.09. The first kappa shape index (κ1) is 19.0. The zero-order valence-electron chi connectivity index (χ0n) is 14.5. The summed E-state index contributed by atoms with van der Waals surface area (Å²) in [4.78, 5) is 29.2. The Bertz CT molecular complexity index is 717. The second-order valence-electron chi connectivity index (χ2n) is 5.55. The molecular weight excluding hydrogens is 336 g/mol. The number of esters is 1. The highest BCUT2D eigenvalue weighted by atomic mass is 32.2. The molecule has 0 bridgehead atoms. The molecule has 0 aliphatic carbocycles. The smallest absolute Gasteiger partial charge is 0.341 e. The quantitative estimate of drug-likeness (QED) is 0.577. The zero-order chi connectivity index (χ0) is 18.1. The molecule has 5 nitrogen and oxygen atoms in total. The molecular formula is C19H22N2O3S. The fourth-order valence-corrected chi connectivity index (χ4v) is 2.88. The maximum absolute atomic E-state index is 12.3. The van der Waals surface area contributed by atoms with E-state index in [1.807, 2.05) is 38.1 Å². The van der Waals surface area contributed by atoms with Gasteiger partial charge < -0.3 is 10.1 Å². The van der Waals surface area contributed by atoms with Crippen molar-refractivity contribution in [2.75, 3.05) is 13.2 Å². The fourth-order valence-electron chi connectivity index (χ4n) is 2.01. The molecule has 2 aromatic rings. The molecule has 0 aliphatic heterocycles. The number of rotatable bonds is 8. The minimum absolute atomic E-state index is 0.286. The molecule has 0 atom stereocenters. The number of carbonyl (C=O) groups excluding carboxylic acids is 2. The largest absolute Gasteiger partial charge is 0.452 e. The number of aromatic nitrogens is 1. The Kier molecular flexibility index (Phi) is 7.47. The molecule has 0 unspecified atom stereocenters. The average molecular weight is 358 g/mol. The number of nitrogens with one attached hydrogen (secondary N) is 1. The lowest BCUT2D eigenvalue weighted by molar-refractivity contribution is -0.124. The third kappa shape index (κ3) is 6.23. The molecule has 1 heterocycles. The van der Waals surface area contributed by atoms with Gasteiger partial charge in [-0.25, -0.2) is 9.78 Å². The summed E-state index contributed by atoms with van der Waals surface area (Å²) in [5.41, 5.74) is 1.52. The van der Waals surface area contributed by atoms with Crippen LogP contribution in [0, 0.1) is 6.92 Å². The summed E-state index contributed by atoms with van der Waals surface area (Å²) in [6.45, 7) is 4.37. The molecule has 0 fully saturated rings. The number of benzene rings is 1. The van der Waals surface area contributed by atoms with Crippen molar-refractivity contribution in [3.63, 3.8) is 0 Å². The minimum Gasteiger partial charge on any atom is -0.452 e. The van der Waals surface area contributed by atoms with Crippen LogP contribution in [0.5, 0.6) is 0 Å². The number of pyridine rings is 1. The maximum Gasteiger partial charge on any atom is 0.341 e. The van der Waals surface area contributed by atoms with Crippen molar-refractivity contribution in [1.29, 1.82) is 0 Å². The standard InChI is InChI=1S/C19H22N2O3S/c1-3-4-11-20-17(22)13-24-19(23)16-6-5-12-21-18(16)25-15-9-7-14(2)8-10-15/h5-10,12H,3-4,11,13H2,1-2H3,(H,20,22). The number of hydrogen-bond acceptors (Lipinski definition) is 5. The van der Waals surface area contributed by atoms with E-state index in [2.05, 4.69) is 10.3 Å². The predicted octanol–water partition coefficient (Wildman–Crippen LogP) is 3.61. The van der Waals surface area contributed by atoms with Crippen molar-refractivity contribution in [2.45, 2.75) is 36.6 Å². The Morgan fingerprint density at radius 3 is 2.68 bits per heavy atom. The van der Waals surface area contributed by atoms with E-state index < -0.39 is 5.97 Å². The molecule has 1 aromatic heterocycles. The molecule has 0 radical (unpaired) electrons. The van der Waals surface area contributed by atoms with Gasteiger partial charge >= 0.3 is 5.97 Å². The van der Waals surface area contributed by atoms with Gasteiger partial charge in [-0.1, -0.05) is 42.8 Å². The summed E-state index contributed by atoms with van der Waals surface area (Å²) in [6.07, 6.45) is 3.53. The van der Waals surface area contributed by atoms with Crippen molar-refractivity contribution in [1.82, 2.24) is 10.3 Å². The van der Waals surface area contributed by atoms with Gasteiger partial charge in [0.1, 0.15) is 5.03 Å². The molecule has 25 heavy (non-hydrogen) atoms. The van der Waals surface area contributed by atoms with E-state index in [1.54, 1.807) is 18.3 Å². The second kappa shape index (κ2) is 9.84. The number of hydrogen-bond donors (Lipinski definition) is 1. The lowest BCUT2D eigenvalue weighted by atomic mass is 10.2. The molecule has 0 saturated heterocycles. The Hall–Kier alpha value is -2.34. The highest BCUT2D eigenvalue weighted by Crippen LogP contribution is 2.29. The van der Waals surface area contributed by atoms with E-state index in [0.717, 1.165) is 17.7 Å². The van der Waals surface area contributed by atoms with Gasteiger partial charge in [0.05, 0.1) is 5.56 Å². The highest BCUT2D eigenvalue weighted by molar-refractivity contribution is 7.99. The van der Waals surface area contributed by atoms with Gasteiger partial charge in [-0.15, -0.1) is 0 Å². The second-order valence-corrected chi connectivity index (χ2v) is 6.61. The van der Waals surface area contributed by atoms with Crippen LogP contribution in [0.2, 0.25) is 0 Å². The van der Waals surface area contributed by atoms with Crippen LogP contribution in [0.1, 0.15) is 35.7 Å². The van der Waals surface area contributed by atoms with Gasteiger partial charge in [0.25, 0.3) is 5.91 Å². The summed E-state index contributed by atoms with van der Waals surface area (Å²) in [5, 5.41) is 3.27. The van der Waals surface area contributed by atoms with Crippen LogP contribution in [0.3, 0.4) is 0 Å². The van der Waals surface area contributed by atoms with Crippen molar-refractivity contribution in [3.05, 3.63) is 53.7 Å². The number of amides is 1. The molecule has 0 aliphatic rings. The summed E-state index contributed by atoms with van der Waals surface area (Å²) in [6, 6.07) is 11.3. The number of unbranched alkanes of at least 4 members (excludes halogenated alkanes) is 1. The molecule has 2 rings (SSSR count). The Labute approximate surface area is 152 Å². The third-order valence-corrected chi connectivity index (χ3v) is 4.44. The van der Waals surface area contributed by atoms with Crippen LogP contribution in [0.25, 0.3) is 0 Å². The van der Waals surface area contributed by atoms with Crippen molar-refractivity contribution >= 4 is 23.6 Å². The molecule has 1 aromatic carbocycles. The summed E-state index contributed by atoms with van der Waals surface area (Å²) in [7, 11) is 0. The van der Waals surface area contributed by atoms with Gasteiger partial charge in [0.15, 0.2) is 6.61 Å². The van der Waals surface area contributed by atoms with Crippen LogP contribution < -0.4 is 5.32 Å².